The number of imide groups is 1. The largest absolute Gasteiger partial charge is 0.469 e. The number of aryl methyl sites for hydroxylation is 1. The van der Waals surface area contributed by atoms with Crippen LogP contribution in [0.25, 0.3) is 0 Å². The predicted molar refractivity (Wildman–Crippen MR) is 76.7 cm³/mol. The lowest BCUT2D eigenvalue weighted by Crippen LogP contribution is -2.39. The van der Waals surface area contributed by atoms with Gasteiger partial charge in [0.05, 0.1) is 18.7 Å². The number of furan rings is 1. The van der Waals surface area contributed by atoms with Crippen molar-refractivity contribution in [2.24, 2.45) is 5.73 Å². The number of benzene rings is 1. The van der Waals surface area contributed by atoms with Crippen molar-refractivity contribution in [1.29, 1.82) is 0 Å². The standard InChI is InChI=1S/C16H16N2O3/c1-9-12(5-6-21-9)15(17)11-4-3-10-8-14(19)18(2)16(20)13(10)7-11/h3-7,15H,8,17H2,1-2H3. The minimum Gasteiger partial charge on any atom is -0.469 e. The quantitative estimate of drug-likeness (QED) is 0.853. The van der Waals surface area contributed by atoms with E-state index in [0.29, 0.717) is 5.56 Å². The second kappa shape index (κ2) is 4.86. The molecule has 2 heterocycles. The van der Waals surface area contributed by atoms with E-state index in [9.17, 15) is 9.59 Å². The highest BCUT2D eigenvalue weighted by Gasteiger charge is 2.28. The molecule has 2 N–H and O–H groups in total. The number of fused-ring (bicyclic) bond motifs is 1. The number of carbonyl (C=O) groups is 2. The highest BCUT2D eigenvalue weighted by Crippen LogP contribution is 2.27. The van der Waals surface area contributed by atoms with Crippen molar-refractivity contribution in [2.75, 3.05) is 7.05 Å². The second-order valence-corrected chi connectivity index (χ2v) is 5.26. The third kappa shape index (κ3) is 2.15. The molecular weight excluding hydrogens is 268 g/mol. The van der Waals surface area contributed by atoms with Gasteiger partial charge >= 0.3 is 0 Å². The molecule has 2 aromatic rings. The summed E-state index contributed by atoms with van der Waals surface area (Å²) in [6.45, 7) is 1.85. The van der Waals surface area contributed by atoms with Gasteiger partial charge in [0.2, 0.25) is 5.91 Å². The maximum absolute atomic E-state index is 12.2. The van der Waals surface area contributed by atoms with Crippen LogP contribution in [-0.4, -0.2) is 23.8 Å². The van der Waals surface area contributed by atoms with Crippen LogP contribution in [0.4, 0.5) is 0 Å². The van der Waals surface area contributed by atoms with Crippen molar-refractivity contribution in [2.45, 2.75) is 19.4 Å². The van der Waals surface area contributed by atoms with Crippen LogP contribution in [0.1, 0.15) is 38.9 Å². The van der Waals surface area contributed by atoms with E-state index in [1.165, 1.54) is 7.05 Å². The number of hydrogen-bond donors (Lipinski definition) is 1. The first-order chi connectivity index (χ1) is 9.99. The highest BCUT2D eigenvalue weighted by molar-refractivity contribution is 6.09. The molecular formula is C16H16N2O3. The number of rotatable bonds is 2. The van der Waals surface area contributed by atoms with E-state index in [4.69, 9.17) is 10.2 Å². The summed E-state index contributed by atoms with van der Waals surface area (Å²) >= 11 is 0. The van der Waals surface area contributed by atoms with Crippen molar-refractivity contribution >= 4 is 11.8 Å². The van der Waals surface area contributed by atoms with Gasteiger partial charge in [-0.25, -0.2) is 0 Å². The molecule has 0 spiro atoms. The number of nitrogens with two attached hydrogens (primary N) is 1. The van der Waals surface area contributed by atoms with Gasteiger partial charge in [0, 0.05) is 18.2 Å². The number of carbonyl (C=O) groups excluding carboxylic acids is 2. The molecule has 0 fully saturated rings. The van der Waals surface area contributed by atoms with Crippen LogP contribution in [0, 0.1) is 6.92 Å². The molecule has 1 unspecified atom stereocenters. The molecule has 0 saturated carbocycles. The van der Waals surface area contributed by atoms with Gasteiger partial charge in [-0.2, -0.15) is 0 Å². The fourth-order valence-corrected chi connectivity index (χ4v) is 2.61. The highest BCUT2D eigenvalue weighted by atomic mass is 16.3. The summed E-state index contributed by atoms with van der Waals surface area (Å²) < 4.78 is 5.27. The summed E-state index contributed by atoms with van der Waals surface area (Å²) in [7, 11) is 1.50. The van der Waals surface area contributed by atoms with Crippen molar-refractivity contribution in [3.05, 3.63) is 58.5 Å². The molecule has 0 aliphatic carbocycles. The molecule has 1 aliphatic rings. The maximum atomic E-state index is 12.2. The number of hydrogen-bond acceptors (Lipinski definition) is 4. The van der Waals surface area contributed by atoms with E-state index in [2.05, 4.69) is 0 Å². The molecule has 0 radical (unpaired) electrons. The third-order valence-corrected chi connectivity index (χ3v) is 3.98. The first-order valence-corrected chi connectivity index (χ1v) is 6.72. The lowest BCUT2D eigenvalue weighted by atomic mass is 9.92. The van der Waals surface area contributed by atoms with Crippen LogP contribution in [0.2, 0.25) is 0 Å². The van der Waals surface area contributed by atoms with Crippen molar-refractivity contribution in [3.63, 3.8) is 0 Å². The van der Waals surface area contributed by atoms with Gasteiger partial charge in [-0.05, 0) is 30.2 Å². The van der Waals surface area contributed by atoms with Gasteiger partial charge in [0.1, 0.15) is 5.76 Å². The molecule has 3 rings (SSSR count). The molecule has 1 atom stereocenters. The van der Waals surface area contributed by atoms with E-state index in [1.54, 1.807) is 12.3 Å². The van der Waals surface area contributed by atoms with Crippen LogP contribution in [-0.2, 0) is 11.2 Å². The van der Waals surface area contributed by atoms with Crippen LogP contribution >= 0.6 is 0 Å². The smallest absolute Gasteiger partial charge is 0.260 e. The fraction of sp³-hybridized carbons (Fsp3) is 0.250. The zero-order valence-electron chi connectivity index (χ0n) is 11.9. The van der Waals surface area contributed by atoms with E-state index in [0.717, 1.165) is 27.4 Å². The Bertz CT molecular complexity index is 733. The van der Waals surface area contributed by atoms with E-state index >= 15 is 0 Å². The van der Waals surface area contributed by atoms with Gasteiger partial charge in [-0.1, -0.05) is 12.1 Å². The number of likely N-dealkylation sites (N-methyl/N-ethyl adjacent to an activating group) is 1. The maximum Gasteiger partial charge on any atom is 0.260 e. The summed E-state index contributed by atoms with van der Waals surface area (Å²) in [5, 5.41) is 0. The van der Waals surface area contributed by atoms with Crippen LogP contribution in [0.15, 0.2) is 34.9 Å². The van der Waals surface area contributed by atoms with E-state index < -0.39 is 0 Å². The van der Waals surface area contributed by atoms with Crippen LogP contribution in [0.3, 0.4) is 0 Å². The minimum atomic E-state index is -0.357. The number of nitrogens with zero attached hydrogens (tertiary/aromatic N) is 1. The third-order valence-electron chi connectivity index (χ3n) is 3.98. The Morgan fingerprint density at radius 2 is 2.05 bits per heavy atom. The molecule has 1 aliphatic heterocycles. The molecule has 2 amide bonds. The van der Waals surface area contributed by atoms with Crippen LogP contribution < -0.4 is 5.73 Å². The molecule has 5 heteroatoms. The zero-order valence-corrected chi connectivity index (χ0v) is 11.9. The Hall–Kier alpha value is -2.40. The first kappa shape index (κ1) is 13.6. The summed E-state index contributed by atoms with van der Waals surface area (Å²) in [5.74, 6) is 0.299. The average Bonchev–Trinajstić information content (AvgIpc) is 2.90. The van der Waals surface area contributed by atoms with Crippen molar-refractivity contribution in [1.82, 2.24) is 4.90 Å². The van der Waals surface area contributed by atoms with Gasteiger partial charge in [0.25, 0.3) is 5.91 Å². The topological polar surface area (TPSA) is 76.5 Å². The zero-order chi connectivity index (χ0) is 15.1. The SMILES string of the molecule is Cc1occc1C(N)c1ccc2c(c1)C(=O)N(C)C(=O)C2. The second-order valence-electron chi connectivity index (χ2n) is 5.26. The molecule has 0 bridgehead atoms. The summed E-state index contributed by atoms with van der Waals surface area (Å²) in [6.07, 6.45) is 1.85. The molecule has 1 aromatic heterocycles. The van der Waals surface area contributed by atoms with Crippen molar-refractivity contribution < 1.29 is 14.0 Å². The van der Waals surface area contributed by atoms with Gasteiger partial charge in [-0.15, -0.1) is 0 Å². The fourth-order valence-electron chi connectivity index (χ4n) is 2.61. The van der Waals surface area contributed by atoms with Crippen LogP contribution in [0.5, 0.6) is 0 Å². The summed E-state index contributed by atoms with van der Waals surface area (Å²) in [6, 6.07) is 6.92. The lowest BCUT2D eigenvalue weighted by Gasteiger charge is -2.24. The predicted octanol–water partition coefficient (Wildman–Crippen LogP) is 1.79. The summed E-state index contributed by atoms with van der Waals surface area (Å²) in [4.78, 5) is 25.0. The Balaban J connectivity index is 2.02. The molecule has 1 aromatic carbocycles. The molecule has 108 valence electrons. The van der Waals surface area contributed by atoms with E-state index in [-0.39, 0.29) is 24.3 Å². The Labute approximate surface area is 122 Å². The number of amides is 2. The van der Waals surface area contributed by atoms with Gasteiger partial charge < -0.3 is 10.2 Å². The first-order valence-electron chi connectivity index (χ1n) is 6.72. The monoisotopic (exact) mass is 284 g/mol. The lowest BCUT2D eigenvalue weighted by molar-refractivity contribution is -0.127. The Kier molecular flexibility index (Phi) is 3.14. The van der Waals surface area contributed by atoms with Gasteiger partial charge in [-0.3, -0.25) is 14.5 Å². The molecule has 0 saturated heterocycles. The van der Waals surface area contributed by atoms with E-state index in [1.807, 2.05) is 25.1 Å². The molecule has 5 nitrogen and oxygen atoms in total. The summed E-state index contributed by atoms with van der Waals surface area (Å²) in [5.41, 5.74) is 9.27. The molecule has 21 heavy (non-hydrogen) atoms. The average molecular weight is 284 g/mol. The minimum absolute atomic E-state index is 0.185. The van der Waals surface area contributed by atoms with Gasteiger partial charge in [0.15, 0.2) is 0 Å². The Morgan fingerprint density at radius 3 is 2.71 bits per heavy atom. The Morgan fingerprint density at radius 1 is 1.29 bits per heavy atom. The normalized spacial score (nSPS) is 16.0. The van der Waals surface area contributed by atoms with Crippen molar-refractivity contribution in [3.8, 4) is 0 Å².